The van der Waals surface area contributed by atoms with Crippen LogP contribution in [0.2, 0.25) is 5.02 Å². The minimum atomic E-state index is -1.69. The number of nitrogens with zero attached hydrogens (tertiary/aromatic N) is 2. The van der Waals surface area contributed by atoms with Crippen LogP contribution in [0.4, 0.5) is 5.69 Å². The van der Waals surface area contributed by atoms with Crippen molar-refractivity contribution in [2.75, 3.05) is 11.0 Å². The maximum atomic E-state index is 13.1. The predicted molar refractivity (Wildman–Crippen MR) is 159 cm³/mol. The van der Waals surface area contributed by atoms with Crippen LogP contribution in [0.5, 0.6) is 0 Å². The Morgan fingerprint density at radius 1 is 1.03 bits per heavy atom. The van der Waals surface area contributed by atoms with Crippen molar-refractivity contribution in [3.8, 4) is 0 Å². The molecular weight excluding hydrogens is 589 g/mol. The first-order chi connectivity index (χ1) is 17.4. The molecule has 1 unspecified atom stereocenters. The van der Waals surface area contributed by atoms with Gasteiger partial charge in [0.2, 0.25) is 0 Å². The Hall–Kier alpha value is -1.55. The number of aromatic nitrogens is 1. The topological polar surface area (TPSA) is 83.7 Å². The number of aliphatic hydroxyl groups excluding tert-OH is 1. The molecule has 2 N–H and O–H groups in total. The summed E-state index contributed by atoms with van der Waals surface area (Å²) in [4.78, 5) is 30.4. The number of unbranched alkanes of at least 4 members (excludes halogenated alkanes) is 6. The van der Waals surface area contributed by atoms with Crippen LogP contribution in [0.15, 0.2) is 44.9 Å². The average Bonchev–Trinajstić information content (AvgIpc) is 3.24. The summed E-state index contributed by atoms with van der Waals surface area (Å²) in [7, 11) is 0. The van der Waals surface area contributed by atoms with Gasteiger partial charge in [-0.25, -0.2) is 0 Å². The zero-order valence-electron chi connectivity index (χ0n) is 21.4. The van der Waals surface area contributed by atoms with Crippen molar-refractivity contribution < 1.29 is 5.11 Å². The molecule has 1 aromatic heterocycles. The van der Waals surface area contributed by atoms with Gasteiger partial charge in [-0.1, -0.05) is 23.7 Å². The van der Waals surface area contributed by atoms with E-state index in [4.69, 9.17) is 11.6 Å². The summed E-state index contributed by atoms with van der Waals surface area (Å²) in [5, 5.41) is 14.2. The van der Waals surface area contributed by atoms with Crippen LogP contribution < -0.4 is 16.4 Å². The van der Waals surface area contributed by atoms with E-state index < -0.39 is 19.8 Å². The van der Waals surface area contributed by atoms with Crippen molar-refractivity contribution >= 4 is 41.3 Å². The molecule has 0 saturated carbocycles. The number of hydrogen-bond acceptors (Lipinski definition) is 5. The number of aliphatic imine (C=N–C) groups is 1. The molecule has 36 heavy (non-hydrogen) atoms. The van der Waals surface area contributed by atoms with Crippen LogP contribution >= 0.6 is 31.4 Å². The van der Waals surface area contributed by atoms with E-state index in [1.165, 1.54) is 4.57 Å². The van der Waals surface area contributed by atoms with E-state index in [9.17, 15) is 14.7 Å². The first-order valence-corrected chi connectivity index (χ1v) is 17.2. The summed E-state index contributed by atoms with van der Waals surface area (Å²) in [6.07, 6.45) is 7.85. The van der Waals surface area contributed by atoms with Gasteiger partial charge in [0.1, 0.15) is 0 Å². The zero-order chi connectivity index (χ0) is 25.9. The zero-order valence-corrected chi connectivity index (χ0v) is 24.4. The summed E-state index contributed by atoms with van der Waals surface area (Å²) in [5.41, 5.74) is 2.21. The first-order valence-electron chi connectivity index (χ1n) is 13.0. The van der Waals surface area contributed by atoms with Crippen LogP contribution in [0.1, 0.15) is 69.4 Å². The fourth-order valence-electron chi connectivity index (χ4n) is 4.37. The van der Waals surface area contributed by atoms with E-state index in [1.807, 2.05) is 28.5 Å². The molecule has 198 valence electrons. The summed E-state index contributed by atoms with van der Waals surface area (Å²) in [5.74, 6) is 0. The Balaban J connectivity index is 1.29. The van der Waals surface area contributed by atoms with Gasteiger partial charge >= 0.3 is 151 Å². The Bertz CT molecular complexity index is 1130. The molecule has 0 fully saturated rings. The van der Waals surface area contributed by atoms with Crippen molar-refractivity contribution in [3.05, 3.63) is 70.8 Å². The summed E-state index contributed by atoms with van der Waals surface area (Å²) >= 11 is 4.21. The molecule has 0 amide bonds. The van der Waals surface area contributed by atoms with Crippen molar-refractivity contribution in [1.82, 2.24) is 9.88 Å². The van der Waals surface area contributed by atoms with Crippen molar-refractivity contribution in [2.24, 2.45) is 4.99 Å². The number of nitrogens with one attached hydrogen (secondary N) is 1. The maximum absolute atomic E-state index is 13.1. The van der Waals surface area contributed by atoms with Crippen LogP contribution in [0.25, 0.3) is 0 Å². The Morgan fingerprint density at radius 2 is 1.69 bits per heavy atom. The molecule has 8 heteroatoms. The van der Waals surface area contributed by atoms with Gasteiger partial charge in [-0.2, -0.15) is 0 Å². The first kappa shape index (κ1) is 29.0. The standard InChI is InChI=1S/C28H39ClIN3O3/c1-3-30-20-32-25-17-21(2)27(35)33(28(36)26(25)30)16-10-8-6-4-5-7-9-11-24(34)19-31-18-22-12-14-23(29)15-13-22/h12-15,17,20,24,31,34H,3-11,16,18-19H2,1-2H3. The van der Waals surface area contributed by atoms with E-state index in [0.717, 1.165) is 82.2 Å². The Labute approximate surface area is 226 Å². The van der Waals surface area contributed by atoms with Crippen molar-refractivity contribution in [1.29, 1.82) is 0 Å². The third-order valence-electron chi connectivity index (χ3n) is 6.47. The van der Waals surface area contributed by atoms with E-state index in [2.05, 4.69) is 17.2 Å². The van der Waals surface area contributed by atoms with Gasteiger partial charge in [0, 0.05) is 18.1 Å². The molecule has 1 atom stereocenters. The summed E-state index contributed by atoms with van der Waals surface area (Å²) in [6.45, 7) is 5.70. The van der Waals surface area contributed by atoms with Gasteiger partial charge in [0.05, 0.1) is 6.10 Å². The summed E-state index contributed by atoms with van der Waals surface area (Å²) < 4.78 is 5.24. The van der Waals surface area contributed by atoms with Crippen LogP contribution in [0.3, 0.4) is 0 Å². The second kappa shape index (κ2) is 15.0. The van der Waals surface area contributed by atoms with Gasteiger partial charge in [0.25, 0.3) is 0 Å². The molecule has 2 heterocycles. The van der Waals surface area contributed by atoms with E-state index in [-0.39, 0.29) is 17.2 Å². The molecule has 0 spiro atoms. The molecule has 0 bridgehead atoms. The fraction of sp³-hybridized carbons (Fsp3) is 0.536. The molecule has 1 aliphatic rings. The number of rotatable bonds is 15. The van der Waals surface area contributed by atoms with Gasteiger partial charge in [-0.05, 0) is 17.7 Å². The van der Waals surface area contributed by atoms with E-state index >= 15 is 0 Å². The Kier molecular flexibility index (Phi) is 12.1. The van der Waals surface area contributed by atoms with Gasteiger partial charge in [-0.3, -0.25) is 0 Å². The molecule has 0 radical (unpaired) electrons. The quantitative estimate of drug-likeness (QED) is 0.148. The third kappa shape index (κ3) is 8.50. The van der Waals surface area contributed by atoms with Crippen LogP contribution in [-0.4, -0.2) is 31.0 Å². The number of aliphatic hydroxyl groups is 1. The molecule has 0 saturated heterocycles. The van der Waals surface area contributed by atoms with Gasteiger partial charge in [0.15, 0.2) is 0 Å². The molecule has 1 aromatic carbocycles. The minimum absolute atomic E-state index is 0.103. The SMILES string of the molecule is CCI1C=Nc2cc(C)c(=O)n(CCCCCCCCCC(O)CNCc3ccc(Cl)cc3)c(=O)c21. The number of benzene rings is 1. The number of hydrogen-bond donors (Lipinski definition) is 2. The fourth-order valence-corrected chi connectivity index (χ4v) is 8.46. The number of alkyl halides is 1. The average molecular weight is 628 g/mol. The molecule has 2 aromatic rings. The van der Waals surface area contributed by atoms with Crippen LogP contribution in [0, 0.1) is 10.5 Å². The molecule has 6 nitrogen and oxygen atoms in total. The van der Waals surface area contributed by atoms with Gasteiger partial charge in [-0.15, -0.1) is 0 Å². The molecular formula is C28H39ClIN3O3. The van der Waals surface area contributed by atoms with Gasteiger partial charge < -0.3 is 10.4 Å². The van der Waals surface area contributed by atoms with Crippen molar-refractivity contribution in [3.63, 3.8) is 0 Å². The monoisotopic (exact) mass is 627 g/mol. The van der Waals surface area contributed by atoms with Crippen molar-refractivity contribution in [2.45, 2.75) is 84.4 Å². The number of aryl methyl sites for hydroxylation is 1. The number of fused-ring (bicyclic) bond motifs is 1. The summed E-state index contributed by atoms with van der Waals surface area (Å²) in [6, 6.07) is 9.53. The second-order valence-electron chi connectivity index (χ2n) is 9.35. The third-order valence-corrected chi connectivity index (χ3v) is 11.7. The second-order valence-corrected chi connectivity index (χ2v) is 15.2. The Morgan fingerprint density at radius 3 is 2.39 bits per heavy atom. The molecule has 0 aliphatic carbocycles. The van der Waals surface area contributed by atoms with Crippen LogP contribution in [-0.2, 0) is 13.1 Å². The van der Waals surface area contributed by atoms with E-state index in [1.54, 1.807) is 13.0 Å². The molecule has 1 aliphatic heterocycles. The number of halogens is 2. The predicted octanol–water partition coefficient (Wildman–Crippen LogP) is 5.81. The van der Waals surface area contributed by atoms with E-state index in [0.29, 0.717) is 18.7 Å². The normalized spacial score (nSPS) is 14.3. The molecule has 3 rings (SSSR count).